The molecule has 0 saturated carbocycles. The van der Waals surface area contributed by atoms with Gasteiger partial charge in [-0.3, -0.25) is 4.79 Å². The van der Waals surface area contributed by atoms with Crippen LogP contribution in [-0.2, 0) is 4.79 Å². The van der Waals surface area contributed by atoms with Crippen LogP contribution in [-0.4, -0.2) is 34.5 Å². The van der Waals surface area contributed by atoms with Crippen molar-refractivity contribution in [3.05, 3.63) is 41.5 Å². The molecule has 1 rings (SSSR count). The van der Waals surface area contributed by atoms with Crippen LogP contribution < -0.4 is 5.32 Å². The second kappa shape index (κ2) is 9.23. The van der Waals surface area contributed by atoms with Gasteiger partial charge in [0.25, 0.3) is 5.91 Å². The first-order valence-corrected chi connectivity index (χ1v) is 8.08. The van der Waals surface area contributed by atoms with Crippen LogP contribution >= 0.6 is 11.8 Å². The second-order valence-electron chi connectivity index (χ2n) is 4.65. The summed E-state index contributed by atoms with van der Waals surface area (Å²) in [7, 11) is 0. The molecule has 0 saturated heterocycles. The molecule has 0 radical (unpaired) electrons. The van der Waals surface area contributed by atoms with Gasteiger partial charge in [0.2, 0.25) is 0 Å². The maximum Gasteiger partial charge on any atom is 0.328 e. The van der Waals surface area contributed by atoms with Gasteiger partial charge in [0.05, 0.1) is 0 Å². The lowest BCUT2D eigenvalue weighted by molar-refractivity contribution is -0.131. The summed E-state index contributed by atoms with van der Waals surface area (Å²) in [6.45, 7) is 4.12. The van der Waals surface area contributed by atoms with E-state index in [9.17, 15) is 9.59 Å². The Morgan fingerprint density at radius 3 is 2.57 bits per heavy atom. The van der Waals surface area contributed by atoms with Crippen molar-refractivity contribution >= 4 is 29.7 Å². The van der Waals surface area contributed by atoms with E-state index in [1.807, 2.05) is 18.7 Å². The van der Waals surface area contributed by atoms with Crippen molar-refractivity contribution < 1.29 is 14.7 Å². The lowest BCUT2D eigenvalue weighted by Gasteiger charge is -2.13. The van der Waals surface area contributed by atoms with Gasteiger partial charge < -0.3 is 10.4 Å². The average Bonchev–Trinajstić information content (AvgIpc) is 2.45. The summed E-state index contributed by atoms with van der Waals surface area (Å²) in [6, 6.07) is 7.00. The quantitative estimate of drug-likeness (QED) is 0.572. The van der Waals surface area contributed by atoms with Gasteiger partial charge in [-0.15, -0.1) is 0 Å². The molecule has 1 aromatic rings. The van der Waals surface area contributed by atoms with Crippen LogP contribution in [0.3, 0.4) is 0 Å². The molecule has 0 aliphatic rings. The Labute approximate surface area is 129 Å². The van der Waals surface area contributed by atoms with Gasteiger partial charge in [0, 0.05) is 17.7 Å². The molecule has 0 bridgehead atoms. The van der Waals surface area contributed by atoms with E-state index in [1.54, 1.807) is 24.3 Å². The summed E-state index contributed by atoms with van der Waals surface area (Å²) >= 11 is 1.86. The number of aliphatic carboxylic acids is 1. The van der Waals surface area contributed by atoms with Crippen molar-refractivity contribution in [2.75, 3.05) is 11.5 Å². The predicted molar refractivity (Wildman–Crippen MR) is 87.7 cm³/mol. The maximum absolute atomic E-state index is 12.0. The van der Waals surface area contributed by atoms with Crippen LogP contribution in [0.2, 0.25) is 0 Å². The fraction of sp³-hybridized carbons (Fsp3) is 0.375. The third-order valence-corrected chi connectivity index (χ3v) is 3.80. The standard InChI is InChI=1S/C16H21NO3S/c1-3-21-11-10-12(2)17-16(20)14-7-4-13(5-8-14)6-9-15(18)19/h4-9,12H,3,10-11H2,1-2H3,(H,17,20)(H,18,19)/b9-6+. The SMILES string of the molecule is CCSCCC(C)NC(=O)c1ccc(/C=C/C(=O)O)cc1. The molecule has 0 aromatic heterocycles. The molecule has 1 amide bonds. The molecular formula is C16H21NO3S. The lowest BCUT2D eigenvalue weighted by atomic mass is 10.1. The summed E-state index contributed by atoms with van der Waals surface area (Å²) in [5.41, 5.74) is 1.33. The third kappa shape index (κ3) is 6.99. The Bertz CT molecular complexity index is 497. The normalized spacial score (nSPS) is 12.3. The second-order valence-corrected chi connectivity index (χ2v) is 6.05. The summed E-state index contributed by atoms with van der Waals surface area (Å²) < 4.78 is 0. The van der Waals surface area contributed by atoms with Crippen LogP contribution in [0.25, 0.3) is 6.08 Å². The number of hydrogen-bond acceptors (Lipinski definition) is 3. The Morgan fingerprint density at radius 1 is 1.33 bits per heavy atom. The number of nitrogens with one attached hydrogen (secondary N) is 1. The van der Waals surface area contributed by atoms with E-state index in [0.717, 1.165) is 29.6 Å². The Morgan fingerprint density at radius 2 is 2.00 bits per heavy atom. The largest absolute Gasteiger partial charge is 0.478 e. The Balaban J connectivity index is 2.53. The fourth-order valence-electron chi connectivity index (χ4n) is 1.70. The first kappa shape index (κ1) is 17.3. The number of amides is 1. The monoisotopic (exact) mass is 307 g/mol. The highest BCUT2D eigenvalue weighted by Gasteiger charge is 2.09. The first-order chi connectivity index (χ1) is 10.0. The van der Waals surface area contributed by atoms with E-state index in [4.69, 9.17) is 5.11 Å². The van der Waals surface area contributed by atoms with Gasteiger partial charge in [-0.25, -0.2) is 4.79 Å². The third-order valence-electron chi connectivity index (χ3n) is 2.87. The van der Waals surface area contributed by atoms with Crippen LogP contribution in [0.4, 0.5) is 0 Å². The van der Waals surface area contributed by atoms with E-state index in [2.05, 4.69) is 12.2 Å². The van der Waals surface area contributed by atoms with Crippen molar-refractivity contribution in [3.8, 4) is 0 Å². The number of carboxylic acid groups (broad SMARTS) is 1. The van der Waals surface area contributed by atoms with Crippen molar-refractivity contribution in [2.24, 2.45) is 0 Å². The molecule has 0 spiro atoms. The van der Waals surface area contributed by atoms with E-state index in [1.165, 1.54) is 6.08 Å². The highest BCUT2D eigenvalue weighted by molar-refractivity contribution is 7.99. The van der Waals surface area contributed by atoms with Gasteiger partial charge >= 0.3 is 5.97 Å². The van der Waals surface area contributed by atoms with E-state index < -0.39 is 5.97 Å². The summed E-state index contributed by atoms with van der Waals surface area (Å²) in [5, 5.41) is 11.5. The first-order valence-electron chi connectivity index (χ1n) is 6.92. The average molecular weight is 307 g/mol. The van der Waals surface area contributed by atoms with Gasteiger partial charge in [0.15, 0.2) is 0 Å². The smallest absolute Gasteiger partial charge is 0.328 e. The van der Waals surface area contributed by atoms with Gasteiger partial charge in [-0.05, 0) is 48.6 Å². The zero-order valence-electron chi connectivity index (χ0n) is 12.3. The summed E-state index contributed by atoms with van der Waals surface area (Å²) in [6.07, 6.45) is 3.51. The van der Waals surface area contributed by atoms with E-state index >= 15 is 0 Å². The molecule has 114 valence electrons. The molecule has 0 aliphatic carbocycles. The summed E-state index contributed by atoms with van der Waals surface area (Å²) in [5.74, 6) is 1.04. The molecule has 4 nitrogen and oxygen atoms in total. The molecule has 1 unspecified atom stereocenters. The molecule has 1 aromatic carbocycles. The minimum atomic E-state index is -0.990. The molecule has 2 N–H and O–H groups in total. The number of rotatable bonds is 8. The highest BCUT2D eigenvalue weighted by Crippen LogP contribution is 2.08. The zero-order valence-corrected chi connectivity index (χ0v) is 13.2. The number of benzene rings is 1. The zero-order chi connectivity index (χ0) is 15.7. The minimum Gasteiger partial charge on any atom is -0.478 e. The van der Waals surface area contributed by atoms with Crippen molar-refractivity contribution in [1.82, 2.24) is 5.32 Å². The van der Waals surface area contributed by atoms with E-state index in [-0.39, 0.29) is 11.9 Å². The van der Waals surface area contributed by atoms with E-state index in [0.29, 0.717) is 5.56 Å². The predicted octanol–water partition coefficient (Wildman–Crippen LogP) is 3.05. The summed E-state index contributed by atoms with van der Waals surface area (Å²) in [4.78, 5) is 22.5. The number of carbonyl (C=O) groups is 2. The van der Waals surface area contributed by atoms with Gasteiger partial charge in [-0.2, -0.15) is 11.8 Å². The van der Waals surface area contributed by atoms with Crippen molar-refractivity contribution in [1.29, 1.82) is 0 Å². The lowest BCUT2D eigenvalue weighted by Crippen LogP contribution is -2.32. The number of thioether (sulfide) groups is 1. The van der Waals surface area contributed by atoms with Gasteiger partial charge in [-0.1, -0.05) is 19.1 Å². The topological polar surface area (TPSA) is 66.4 Å². The molecule has 0 aliphatic heterocycles. The molecule has 21 heavy (non-hydrogen) atoms. The Kier molecular flexibility index (Phi) is 7.61. The molecule has 0 heterocycles. The molecule has 1 atom stereocenters. The fourth-order valence-corrected chi connectivity index (χ4v) is 2.51. The number of carboxylic acids is 1. The molecule has 0 fully saturated rings. The van der Waals surface area contributed by atoms with Crippen LogP contribution in [0.15, 0.2) is 30.3 Å². The van der Waals surface area contributed by atoms with Crippen LogP contribution in [0.5, 0.6) is 0 Å². The number of hydrogen-bond donors (Lipinski definition) is 2. The molecular weight excluding hydrogens is 286 g/mol. The van der Waals surface area contributed by atoms with Crippen LogP contribution in [0, 0.1) is 0 Å². The van der Waals surface area contributed by atoms with Crippen molar-refractivity contribution in [2.45, 2.75) is 26.3 Å². The maximum atomic E-state index is 12.0. The van der Waals surface area contributed by atoms with Gasteiger partial charge in [0.1, 0.15) is 0 Å². The number of carbonyl (C=O) groups excluding carboxylic acids is 1. The van der Waals surface area contributed by atoms with Crippen molar-refractivity contribution in [3.63, 3.8) is 0 Å². The Hall–Kier alpha value is -1.75. The van der Waals surface area contributed by atoms with Crippen LogP contribution in [0.1, 0.15) is 36.2 Å². The molecule has 5 heteroatoms. The highest BCUT2D eigenvalue weighted by atomic mass is 32.2. The minimum absolute atomic E-state index is 0.0993.